The van der Waals surface area contributed by atoms with Crippen LogP contribution in [0.5, 0.6) is 5.88 Å². The summed E-state index contributed by atoms with van der Waals surface area (Å²) in [5, 5.41) is 12.1. The van der Waals surface area contributed by atoms with Crippen molar-refractivity contribution in [1.82, 2.24) is 4.57 Å². The number of hydrogen-bond acceptors (Lipinski definition) is 5. The van der Waals surface area contributed by atoms with E-state index < -0.39 is 21.8 Å². The molecule has 3 aromatic rings. The predicted molar refractivity (Wildman–Crippen MR) is 303 cm³/mol. The number of unbranched alkanes of at least 4 members (excludes halogenated alkanes) is 31. The van der Waals surface area contributed by atoms with Gasteiger partial charge >= 0.3 is 0 Å². The lowest BCUT2D eigenvalue weighted by Gasteiger charge is -2.30. The Kier molecular flexibility index (Phi) is 32.7. The molecule has 0 saturated carbocycles. The number of aromatic hydroxyl groups is 1. The van der Waals surface area contributed by atoms with Crippen LogP contribution in [-0.4, -0.2) is 71.7 Å². The molecular formula is C60H97Cl2N3O5S. The standard InChI is InChI=1S/C38H80N.C22H18Cl2N2O5S/c1-5-7-9-11-13-15-17-19-21-23-25-27-29-31-33-35-37-39(3,4)38-36-34-32-30-28-26-24-22-20-18-16-14-12-10-8-6-2;23-15-7-3-13(4-8-15)19-17-18(21(27)25-19)20(14-5-9-16(24)10-6-14)26(22(17)28)11-1-2-12-32(29,30)31/h5-38H2,1-4H3;3-10,28H,1-2,11-12H2,(H,29,30,31)/q+1;/p-1. The molecule has 0 fully saturated rings. The molecule has 1 aliphatic heterocycles. The van der Waals surface area contributed by atoms with Crippen molar-refractivity contribution >= 4 is 44.9 Å². The fraction of sp³-hybridized carbons (Fsp3) is 0.700. The molecule has 0 aliphatic carbocycles. The summed E-state index contributed by atoms with van der Waals surface area (Å²) in [5.74, 6) is -1.15. The largest absolute Gasteiger partial charge is 0.748 e. The molecular weight excluding hydrogens is 946 g/mol. The number of halogens is 2. The van der Waals surface area contributed by atoms with Gasteiger partial charge in [0.15, 0.2) is 0 Å². The topological polar surface area (TPSA) is 112 Å². The van der Waals surface area contributed by atoms with Crippen LogP contribution < -0.4 is 0 Å². The van der Waals surface area contributed by atoms with Crippen LogP contribution in [-0.2, 0) is 16.7 Å². The summed E-state index contributed by atoms with van der Waals surface area (Å²) in [6.07, 6.45) is 47.4. The molecule has 71 heavy (non-hydrogen) atoms. The smallest absolute Gasteiger partial charge is 0.280 e. The quantitative estimate of drug-likeness (QED) is 0.0346. The number of carbonyl (C=O) groups excluding carboxylic acids is 1. The minimum Gasteiger partial charge on any atom is -0.748 e. The highest BCUT2D eigenvalue weighted by atomic mass is 35.5. The molecule has 8 nitrogen and oxygen atoms in total. The van der Waals surface area contributed by atoms with Gasteiger partial charge in [-0.3, -0.25) is 4.79 Å². The highest BCUT2D eigenvalue weighted by molar-refractivity contribution is 7.85. The Hall–Kier alpha value is -2.69. The van der Waals surface area contributed by atoms with Gasteiger partial charge in [0, 0.05) is 27.9 Å². The summed E-state index contributed by atoms with van der Waals surface area (Å²) < 4.78 is 35.5. The maximum absolute atomic E-state index is 12.9. The van der Waals surface area contributed by atoms with E-state index in [0.717, 1.165) is 0 Å². The van der Waals surface area contributed by atoms with E-state index in [9.17, 15) is 22.9 Å². The number of carbonyl (C=O) groups is 1. The van der Waals surface area contributed by atoms with Crippen LogP contribution in [0.4, 0.5) is 0 Å². The Morgan fingerprint density at radius 1 is 0.507 bits per heavy atom. The summed E-state index contributed by atoms with van der Waals surface area (Å²) in [7, 11) is 0.608. The van der Waals surface area contributed by atoms with Crippen LogP contribution in [0.1, 0.15) is 254 Å². The molecule has 2 aromatic carbocycles. The second-order valence-corrected chi connectivity index (χ2v) is 23.7. The molecule has 2 heterocycles. The van der Waals surface area contributed by atoms with Gasteiger partial charge in [-0.05, 0) is 68.4 Å². The van der Waals surface area contributed by atoms with E-state index in [1.165, 1.54) is 223 Å². The fourth-order valence-corrected chi connectivity index (χ4v) is 10.8. The molecule has 4 rings (SSSR count). The Morgan fingerprint density at radius 2 is 0.845 bits per heavy atom. The van der Waals surface area contributed by atoms with E-state index in [2.05, 4.69) is 32.9 Å². The lowest BCUT2D eigenvalue weighted by atomic mass is 10.0. The highest BCUT2D eigenvalue weighted by Crippen LogP contribution is 2.41. The van der Waals surface area contributed by atoms with Gasteiger partial charge in [-0.15, -0.1) is 0 Å². The Labute approximate surface area is 443 Å². The van der Waals surface area contributed by atoms with Crippen LogP contribution in [0.2, 0.25) is 10.0 Å². The summed E-state index contributed by atoms with van der Waals surface area (Å²) in [5.41, 5.74) is 2.61. The molecule has 1 amide bonds. The van der Waals surface area contributed by atoms with Gasteiger partial charge in [-0.1, -0.05) is 241 Å². The first-order valence-electron chi connectivity index (χ1n) is 28.6. The van der Waals surface area contributed by atoms with Crippen molar-refractivity contribution in [2.75, 3.05) is 32.9 Å². The van der Waals surface area contributed by atoms with Crippen molar-refractivity contribution < 1.29 is 27.4 Å². The number of fused-ring (bicyclic) bond motifs is 1. The van der Waals surface area contributed by atoms with Crippen molar-refractivity contribution in [2.24, 2.45) is 4.99 Å². The minimum atomic E-state index is -4.33. The molecule has 0 bridgehead atoms. The average Bonchev–Trinajstić information content (AvgIpc) is 3.83. The van der Waals surface area contributed by atoms with Gasteiger partial charge in [-0.25, -0.2) is 13.4 Å². The lowest BCUT2D eigenvalue weighted by molar-refractivity contribution is -0.890. The van der Waals surface area contributed by atoms with Gasteiger partial charge in [0.05, 0.1) is 59.8 Å². The molecule has 11 heteroatoms. The van der Waals surface area contributed by atoms with Gasteiger partial charge in [0.1, 0.15) is 0 Å². The minimum absolute atomic E-state index is 0.125. The molecule has 0 saturated heterocycles. The maximum atomic E-state index is 12.9. The predicted octanol–water partition coefficient (Wildman–Crippen LogP) is 18.1. The Balaban J connectivity index is 0.000000381. The van der Waals surface area contributed by atoms with Crippen LogP contribution >= 0.6 is 23.2 Å². The third-order valence-corrected chi connectivity index (χ3v) is 15.7. The number of hydrogen-bond donors (Lipinski definition) is 1. The van der Waals surface area contributed by atoms with Crippen LogP contribution in [0.25, 0.3) is 11.3 Å². The summed E-state index contributed by atoms with van der Waals surface area (Å²) in [6.45, 7) is 7.59. The normalized spacial score (nSPS) is 12.6. The number of nitrogens with zero attached hydrogens (tertiary/aromatic N) is 3. The van der Waals surface area contributed by atoms with Crippen molar-refractivity contribution in [3.63, 3.8) is 0 Å². The van der Waals surface area contributed by atoms with Crippen LogP contribution in [0, 0.1) is 0 Å². The van der Waals surface area contributed by atoms with Gasteiger partial charge in [0.25, 0.3) is 5.91 Å². The molecule has 0 radical (unpaired) electrons. The van der Waals surface area contributed by atoms with E-state index in [-0.39, 0.29) is 24.4 Å². The first-order chi connectivity index (χ1) is 34.3. The van der Waals surface area contributed by atoms with E-state index in [0.29, 0.717) is 44.6 Å². The fourth-order valence-electron chi connectivity index (χ4n) is 10.0. The number of benzene rings is 2. The second kappa shape index (κ2) is 37.1. The van der Waals surface area contributed by atoms with E-state index in [1.54, 1.807) is 53.1 Å². The number of quaternary nitrogens is 1. The van der Waals surface area contributed by atoms with Crippen molar-refractivity contribution in [3.05, 3.63) is 75.3 Å². The second-order valence-electron chi connectivity index (χ2n) is 21.3. The molecule has 1 N–H and O–H groups in total. The van der Waals surface area contributed by atoms with E-state index in [1.807, 2.05) is 0 Å². The first-order valence-corrected chi connectivity index (χ1v) is 31.0. The third kappa shape index (κ3) is 26.9. The monoisotopic (exact) mass is 1040 g/mol. The molecule has 0 unspecified atom stereocenters. The molecule has 0 spiro atoms. The zero-order valence-electron chi connectivity index (χ0n) is 45.1. The van der Waals surface area contributed by atoms with Gasteiger partial charge in [-0.2, -0.15) is 0 Å². The summed E-state index contributed by atoms with van der Waals surface area (Å²) >= 11 is 12.0. The van der Waals surface area contributed by atoms with Crippen LogP contribution in [0.3, 0.4) is 0 Å². The SMILES string of the molecule is CCCCCCCCCCCCCCCCCC[N+](C)(C)CCCCCCCCCCCCCCCCCC.O=C1N=C(c2ccc(Cl)cc2)c2c1c(-c1ccc(Cl)cc1)n(CCCCS(=O)(=O)[O-])c2O. The zero-order chi connectivity index (χ0) is 51.6. The number of aliphatic imine (C=N–C) groups is 1. The van der Waals surface area contributed by atoms with E-state index in [4.69, 9.17) is 23.2 Å². The summed E-state index contributed by atoms with van der Waals surface area (Å²) in [6, 6.07) is 13.5. The molecule has 1 aromatic heterocycles. The highest BCUT2D eigenvalue weighted by Gasteiger charge is 2.36. The Bertz CT molecular complexity index is 1980. The number of rotatable bonds is 41. The van der Waals surface area contributed by atoms with Crippen molar-refractivity contribution in [3.8, 4) is 17.1 Å². The third-order valence-electron chi connectivity index (χ3n) is 14.4. The van der Waals surface area contributed by atoms with Gasteiger partial charge < -0.3 is 18.7 Å². The molecule has 402 valence electrons. The summed E-state index contributed by atoms with van der Waals surface area (Å²) in [4.78, 5) is 17.1. The average molecular weight is 1040 g/mol. The molecule has 0 atom stereocenters. The van der Waals surface area contributed by atoms with E-state index >= 15 is 0 Å². The van der Waals surface area contributed by atoms with Crippen molar-refractivity contribution in [1.29, 1.82) is 0 Å². The maximum Gasteiger partial charge on any atom is 0.280 e. The first kappa shape index (κ1) is 62.6. The van der Waals surface area contributed by atoms with Crippen LogP contribution in [0.15, 0.2) is 53.5 Å². The molecule has 1 aliphatic rings. The number of amides is 1. The van der Waals surface area contributed by atoms with Crippen molar-refractivity contribution in [2.45, 2.75) is 239 Å². The van der Waals surface area contributed by atoms with Gasteiger partial charge in [0.2, 0.25) is 5.88 Å². The lowest BCUT2D eigenvalue weighted by Crippen LogP contribution is -2.41. The zero-order valence-corrected chi connectivity index (χ0v) is 47.4. The number of aromatic nitrogens is 1. The Morgan fingerprint density at radius 3 is 1.20 bits per heavy atom.